The molecule has 2 amide bonds. The summed E-state index contributed by atoms with van der Waals surface area (Å²) in [6.07, 6.45) is 2.38. The summed E-state index contributed by atoms with van der Waals surface area (Å²) in [5.74, 6) is -0.487. The summed E-state index contributed by atoms with van der Waals surface area (Å²) in [6.45, 7) is 4.19. The lowest BCUT2D eigenvalue weighted by Crippen LogP contribution is -2.53. The highest BCUT2D eigenvalue weighted by atomic mass is 19.1. The van der Waals surface area contributed by atoms with Crippen molar-refractivity contribution in [2.75, 3.05) is 23.7 Å². The smallest absolute Gasteiger partial charge is 0.322 e. The Bertz CT molecular complexity index is 1030. The van der Waals surface area contributed by atoms with Crippen molar-refractivity contribution in [3.8, 4) is 5.69 Å². The Morgan fingerprint density at radius 1 is 1.25 bits per heavy atom. The molecule has 2 aromatic heterocycles. The van der Waals surface area contributed by atoms with E-state index in [0.717, 1.165) is 11.1 Å². The first kappa shape index (κ1) is 18.1. The van der Waals surface area contributed by atoms with E-state index >= 15 is 0 Å². The summed E-state index contributed by atoms with van der Waals surface area (Å²) >= 11 is 0. The third-order valence-electron chi connectivity index (χ3n) is 4.38. The quantitative estimate of drug-likeness (QED) is 0.719. The van der Waals surface area contributed by atoms with Gasteiger partial charge in [0, 0.05) is 23.3 Å². The number of hydrogen-bond donors (Lipinski definition) is 2. The number of fused-ring (bicyclic) bond motifs is 1. The molecule has 0 unspecified atom stereocenters. The van der Waals surface area contributed by atoms with Crippen LogP contribution in [0.15, 0.2) is 36.7 Å². The number of carbonyl (C=O) groups is 1. The second-order valence-electron chi connectivity index (χ2n) is 7.11. The lowest BCUT2D eigenvalue weighted by Gasteiger charge is -2.34. The maximum absolute atomic E-state index is 14.4. The molecule has 0 bridgehead atoms. The maximum atomic E-state index is 14.4. The van der Waals surface area contributed by atoms with Gasteiger partial charge in [-0.25, -0.2) is 23.2 Å². The zero-order chi connectivity index (χ0) is 19.8. The molecular formula is C19H20F2N6O. The van der Waals surface area contributed by atoms with Crippen molar-refractivity contribution in [3.63, 3.8) is 0 Å². The Labute approximate surface area is 160 Å². The monoisotopic (exact) mass is 386 g/mol. The first-order valence-electron chi connectivity index (χ1n) is 9.01. The van der Waals surface area contributed by atoms with E-state index in [1.807, 2.05) is 19.9 Å². The van der Waals surface area contributed by atoms with Crippen LogP contribution >= 0.6 is 0 Å². The van der Waals surface area contributed by atoms with Gasteiger partial charge >= 0.3 is 6.03 Å². The van der Waals surface area contributed by atoms with Crippen LogP contribution in [0.1, 0.15) is 13.8 Å². The van der Waals surface area contributed by atoms with E-state index in [-0.39, 0.29) is 24.8 Å². The lowest BCUT2D eigenvalue weighted by atomic mass is 10.2. The van der Waals surface area contributed by atoms with Crippen LogP contribution in [-0.2, 0) is 0 Å². The van der Waals surface area contributed by atoms with E-state index in [0.29, 0.717) is 11.3 Å². The van der Waals surface area contributed by atoms with Crippen LogP contribution in [0.5, 0.6) is 0 Å². The SMILES string of the molecule is CC(C)Nc1cnc2nn(-c3cc(NC(=O)N4CC(F)C4)ccc3F)cc2c1. The molecule has 2 N–H and O–H groups in total. The number of anilines is 2. The number of nitrogens with zero attached hydrogens (tertiary/aromatic N) is 4. The Balaban J connectivity index is 1.60. The van der Waals surface area contributed by atoms with Crippen molar-refractivity contribution in [2.24, 2.45) is 0 Å². The van der Waals surface area contributed by atoms with Gasteiger partial charge in [-0.15, -0.1) is 5.10 Å². The first-order valence-corrected chi connectivity index (χ1v) is 9.01. The fraction of sp³-hybridized carbons (Fsp3) is 0.316. The van der Waals surface area contributed by atoms with Gasteiger partial charge in [0.2, 0.25) is 0 Å². The summed E-state index contributed by atoms with van der Waals surface area (Å²) in [6, 6.07) is 5.93. The van der Waals surface area contributed by atoms with E-state index in [4.69, 9.17) is 0 Å². The van der Waals surface area contributed by atoms with Crippen molar-refractivity contribution in [1.82, 2.24) is 19.7 Å². The number of likely N-dealkylation sites (tertiary alicyclic amines) is 1. The van der Waals surface area contributed by atoms with Gasteiger partial charge in [-0.1, -0.05) is 0 Å². The molecule has 28 heavy (non-hydrogen) atoms. The Hall–Kier alpha value is -3.23. The number of urea groups is 1. The van der Waals surface area contributed by atoms with E-state index in [1.54, 1.807) is 12.4 Å². The largest absolute Gasteiger partial charge is 0.382 e. The number of halogens is 2. The number of amides is 2. The normalized spacial score (nSPS) is 14.4. The van der Waals surface area contributed by atoms with Crippen molar-refractivity contribution < 1.29 is 13.6 Å². The highest BCUT2D eigenvalue weighted by Crippen LogP contribution is 2.23. The fourth-order valence-corrected chi connectivity index (χ4v) is 3.01. The first-order chi connectivity index (χ1) is 13.4. The van der Waals surface area contributed by atoms with Gasteiger partial charge in [0.05, 0.1) is 25.0 Å². The summed E-state index contributed by atoms with van der Waals surface area (Å²) in [5.41, 5.74) is 1.92. The van der Waals surface area contributed by atoms with Gasteiger partial charge in [0.15, 0.2) is 5.65 Å². The molecule has 9 heteroatoms. The summed E-state index contributed by atoms with van der Waals surface area (Å²) in [4.78, 5) is 17.7. The summed E-state index contributed by atoms with van der Waals surface area (Å²) in [5, 5.41) is 11.0. The average molecular weight is 386 g/mol. The third-order valence-corrected chi connectivity index (χ3v) is 4.38. The number of aromatic nitrogens is 3. The maximum Gasteiger partial charge on any atom is 0.322 e. The minimum Gasteiger partial charge on any atom is -0.382 e. The van der Waals surface area contributed by atoms with Gasteiger partial charge in [-0.2, -0.15) is 0 Å². The number of hydrogen-bond acceptors (Lipinski definition) is 4. The predicted molar refractivity (Wildman–Crippen MR) is 103 cm³/mol. The summed E-state index contributed by atoms with van der Waals surface area (Å²) in [7, 11) is 0. The minimum atomic E-state index is -0.978. The van der Waals surface area contributed by atoms with Crippen molar-refractivity contribution in [2.45, 2.75) is 26.1 Å². The Morgan fingerprint density at radius 3 is 2.75 bits per heavy atom. The van der Waals surface area contributed by atoms with Crippen LogP contribution in [-0.4, -0.2) is 51.0 Å². The molecule has 3 heterocycles. The zero-order valence-electron chi connectivity index (χ0n) is 15.5. The fourth-order valence-electron chi connectivity index (χ4n) is 3.01. The number of carbonyl (C=O) groups excluding carboxylic acids is 1. The van der Waals surface area contributed by atoms with Crippen molar-refractivity contribution in [1.29, 1.82) is 0 Å². The van der Waals surface area contributed by atoms with Gasteiger partial charge in [0.1, 0.15) is 17.7 Å². The number of rotatable bonds is 4. The summed E-state index contributed by atoms with van der Waals surface area (Å²) < 4.78 is 28.7. The molecule has 0 atom stereocenters. The molecular weight excluding hydrogens is 366 g/mol. The molecule has 1 saturated heterocycles. The van der Waals surface area contributed by atoms with Crippen molar-refractivity contribution >= 4 is 28.4 Å². The van der Waals surface area contributed by atoms with Gasteiger partial charge in [0.25, 0.3) is 0 Å². The van der Waals surface area contributed by atoms with Crippen LogP contribution < -0.4 is 10.6 Å². The zero-order valence-corrected chi connectivity index (χ0v) is 15.5. The van der Waals surface area contributed by atoms with Gasteiger partial charge in [-0.05, 0) is 38.1 Å². The van der Waals surface area contributed by atoms with Crippen LogP contribution in [0.25, 0.3) is 16.7 Å². The van der Waals surface area contributed by atoms with Crippen LogP contribution in [0.2, 0.25) is 0 Å². The highest BCUT2D eigenvalue weighted by molar-refractivity contribution is 5.90. The molecule has 1 fully saturated rings. The second kappa shape index (κ2) is 7.06. The number of benzene rings is 1. The van der Waals surface area contributed by atoms with Crippen LogP contribution in [0.4, 0.5) is 25.0 Å². The molecule has 4 rings (SSSR count). The average Bonchev–Trinajstić information content (AvgIpc) is 3.03. The second-order valence-corrected chi connectivity index (χ2v) is 7.11. The molecule has 146 valence electrons. The molecule has 7 nitrogen and oxygen atoms in total. The molecule has 0 aliphatic carbocycles. The minimum absolute atomic E-state index is 0.0723. The van der Waals surface area contributed by atoms with Crippen LogP contribution in [0.3, 0.4) is 0 Å². The predicted octanol–water partition coefficient (Wildman–Crippen LogP) is 3.57. The molecule has 0 saturated carbocycles. The number of alkyl halides is 1. The number of pyridine rings is 1. The molecule has 3 aromatic rings. The standard InChI is InChI=1S/C19H20F2N6O/c1-11(2)23-15-5-12-8-27(25-18(12)22-7-15)17-6-14(3-4-16(17)21)24-19(28)26-9-13(20)10-26/h3-8,11,13,23H,9-10H2,1-2H3,(H,24,28). The molecule has 1 aliphatic heterocycles. The van der Waals surface area contributed by atoms with E-state index in [2.05, 4.69) is 20.7 Å². The molecule has 0 radical (unpaired) electrons. The number of nitrogens with one attached hydrogen (secondary N) is 2. The Morgan fingerprint density at radius 2 is 2.04 bits per heavy atom. The van der Waals surface area contributed by atoms with Crippen LogP contribution in [0, 0.1) is 5.82 Å². The third kappa shape index (κ3) is 3.60. The van der Waals surface area contributed by atoms with E-state index in [1.165, 1.54) is 27.8 Å². The molecule has 0 spiro atoms. The highest BCUT2D eigenvalue weighted by Gasteiger charge is 2.30. The van der Waals surface area contributed by atoms with E-state index in [9.17, 15) is 13.6 Å². The van der Waals surface area contributed by atoms with E-state index < -0.39 is 18.0 Å². The molecule has 1 aliphatic rings. The topological polar surface area (TPSA) is 75.1 Å². The van der Waals surface area contributed by atoms with Crippen molar-refractivity contribution in [3.05, 3.63) is 42.5 Å². The molecule has 1 aromatic carbocycles. The lowest BCUT2D eigenvalue weighted by molar-refractivity contribution is 0.0974. The van der Waals surface area contributed by atoms with Gasteiger partial charge in [-0.3, -0.25) is 0 Å². The van der Waals surface area contributed by atoms with Gasteiger partial charge < -0.3 is 15.5 Å². The Kier molecular flexibility index (Phi) is 4.58.